The summed E-state index contributed by atoms with van der Waals surface area (Å²) in [5.41, 5.74) is 5.48. The molecule has 0 heterocycles. The zero-order chi connectivity index (χ0) is 21.5. The van der Waals surface area contributed by atoms with E-state index in [-0.39, 0.29) is 12.2 Å². The summed E-state index contributed by atoms with van der Waals surface area (Å²) < 4.78 is 12.9. The van der Waals surface area contributed by atoms with E-state index in [9.17, 15) is 0 Å². The Morgan fingerprint density at radius 1 is 0.903 bits per heavy atom. The number of aryl methyl sites for hydroxylation is 1. The molecule has 0 N–H and O–H groups in total. The number of hydrogen-bond donors (Lipinski definition) is 0. The Morgan fingerprint density at radius 2 is 1.65 bits per heavy atom. The van der Waals surface area contributed by atoms with Gasteiger partial charge in [-0.1, -0.05) is 80.6 Å². The Balaban J connectivity index is 1.51. The molecule has 162 valence electrons. The summed E-state index contributed by atoms with van der Waals surface area (Å²) in [6.45, 7) is 5.15. The Kier molecular flexibility index (Phi) is 7.43. The molecule has 0 saturated carbocycles. The first-order valence-corrected chi connectivity index (χ1v) is 11.7. The van der Waals surface area contributed by atoms with Gasteiger partial charge in [-0.3, -0.25) is 0 Å². The standard InChI is InChI=1S/C29H34O2/c1-3-22(2)24-16-18-26(19-17-24)31-29(30-21-20-23-10-5-4-6-11-23)28-15-9-13-25-12-7-8-14-27(25)28/h4-8,10-12,14,16-19,22,28-29H,3,9,13,15,20-21H2,1-2H3. The molecule has 2 heteroatoms. The molecule has 3 aromatic carbocycles. The van der Waals surface area contributed by atoms with Crippen LogP contribution < -0.4 is 4.74 Å². The maximum absolute atomic E-state index is 6.49. The average molecular weight is 415 g/mol. The summed E-state index contributed by atoms with van der Waals surface area (Å²) in [7, 11) is 0. The van der Waals surface area contributed by atoms with Crippen LogP contribution in [-0.4, -0.2) is 12.9 Å². The Labute approximate surface area is 187 Å². The highest BCUT2D eigenvalue weighted by Crippen LogP contribution is 2.36. The third kappa shape index (κ3) is 5.57. The van der Waals surface area contributed by atoms with Crippen molar-refractivity contribution >= 4 is 0 Å². The monoisotopic (exact) mass is 414 g/mol. The largest absolute Gasteiger partial charge is 0.464 e. The van der Waals surface area contributed by atoms with Gasteiger partial charge in [-0.25, -0.2) is 0 Å². The SMILES string of the molecule is CCC(C)c1ccc(OC(OCCc2ccccc2)C2CCCc3ccccc32)cc1. The van der Waals surface area contributed by atoms with E-state index in [1.165, 1.54) is 28.7 Å². The molecule has 0 amide bonds. The summed E-state index contributed by atoms with van der Waals surface area (Å²) in [6, 6.07) is 27.9. The molecule has 3 unspecified atom stereocenters. The van der Waals surface area contributed by atoms with E-state index in [1.54, 1.807) is 0 Å². The summed E-state index contributed by atoms with van der Waals surface area (Å²) in [5, 5.41) is 0. The van der Waals surface area contributed by atoms with Crippen molar-refractivity contribution in [3.63, 3.8) is 0 Å². The van der Waals surface area contributed by atoms with Crippen molar-refractivity contribution in [2.75, 3.05) is 6.61 Å². The quantitative estimate of drug-likeness (QED) is 0.342. The molecule has 1 aliphatic rings. The van der Waals surface area contributed by atoms with Gasteiger partial charge in [0.05, 0.1) is 6.61 Å². The molecule has 2 nitrogen and oxygen atoms in total. The topological polar surface area (TPSA) is 18.5 Å². The first-order valence-electron chi connectivity index (χ1n) is 11.7. The van der Waals surface area contributed by atoms with Gasteiger partial charge in [0, 0.05) is 5.92 Å². The fraction of sp³-hybridized carbons (Fsp3) is 0.379. The van der Waals surface area contributed by atoms with Gasteiger partial charge < -0.3 is 9.47 Å². The number of fused-ring (bicyclic) bond motifs is 1. The highest BCUT2D eigenvalue weighted by atomic mass is 16.7. The first kappa shape index (κ1) is 21.6. The molecule has 0 fully saturated rings. The van der Waals surface area contributed by atoms with Crippen molar-refractivity contribution < 1.29 is 9.47 Å². The van der Waals surface area contributed by atoms with Gasteiger partial charge in [-0.15, -0.1) is 0 Å². The van der Waals surface area contributed by atoms with Crippen LogP contribution in [0.1, 0.15) is 67.2 Å². The Hall–Kier alpha value is -2.58. The van der Waals surface area contributed by atoms with Crippen molar-refractivity contribution in [1.82, 2.24) is 0 Å². The minimum atomic E-state index is -0.278. The van der Waals surface area contributed by atoms with E-state index in [2.05, 4.69) is 92.7 Å². The zero-order valence-electron chi connectivity index (χ0n) is 18.8. The highest BCUT2D eigenvalue weighted by Gasteiger charge is 2.30. The van der Waals surface area contributed by atoms with Crippen molar-refractivity contribution in [2.45, 2.75) is 64.1 Å². The van der Waals surface area contributed by atoms with Gasteiger partial charge in [-0.2, -0.15) is 0 Å². The lowest BCUT2D eigenvalue weighted by atomic mass is 9.82. The maximum Gasteiger partial charge on any atom is 0.206 e. The van der Waals surface area contributed by atoms with Crippen molar-refractivity contribution in [3.8, 4) is 5.75 Å². The van der Waals surface area contributed by atoms with Crippen LogP contribution in [0.25, 0.3) is 0 Å². The molecule has 0 aliphatic heterocycles. The predicted molar refractivity (Wildman–Crippen MR) is 128 cm³/mol. The third-order valence-electron chi connectivity index (χ3n) is 6.57. The maximum atomic E-state index is 6.49. The second kappa shape index (κ2) is 10.6. The summed E-state index contributed by atoms with van der Waals surface area (Å²) in [4.78, 5) is 0. The fourth-order valence-corrected chi connectivity index (χ4v) is 4.49. The predicted octanol–water partition coefficient (Wildman–Crippen LogP) is 7.28. The van der Waals surface area contributed by atoms with Crippen LogP contribution in [-0.2, 0) is 17.6 Å². The highest BCUT2D eigenvalue weighted by molar-refractivity contribution is 5.34. The molecule has 1 aliphatic carbocycles. The molecule has 4 rings (SSSR count). The van der Waals surface area contributed by atoms with Crippen LogP contribution in [0.2, 0.25) is 0 Å². The third-order valence-corrected chi connectivity index (χ3v) is 6.57. The molecular weight excluding hydrogens is 380 g/mol. The van der Waals surface area contributed by atoms with Gasteiger partial charge in [-0.05, 0) is 72.4 Å². The van der Waals surface area contributed by atoms with Crippen LogP contribution in [0.4, 0.5) is 0 Å². The lowest BCUT2D eigenvalue weighted by Crippen LogP contribution is -2.31. The van der Waals surface area contributed by atoms with E-state index in [0.29, 0.717) is 12.5 Å². The molecule has 0 aromatic heterocycles. The van der Waals surface area contributed by atoms with Crippen molar-refractivity contribution in [1.29, 1.82) is 0 Å². The summed E-state index contributed by atoms with van der Waals surface area (Å²) in [6.07, 6.45) is 5.17. The lowest BCUT2D eigenvalue weighted by molar-refractivity contribution is -0.0983. The number of ether oxygens (including phenoxy) is 2. The van der Waals surface area contributed by atoms with Crippen molar-refractivity contribution in [2.24, 2.45) is 0 Å². The molecule has 3 atom stereocenters. The van der Waals surface area contributed by atoms with Gasteiger partial charge in [0.2, 0.25) is 6.29 Å². The smallest absolute Gasteiger partial charge is 0.206 e. The fourth-order valence-electron chi connectivity index (χ4n) is 4.49. The van der Waals surface area contributed by atoms with Crippen LogP contribution in [0, 0.1) is 0 Å². The van der Waals surface area contributed by atoms with Crippen LogP contribution in [0.15, 0.2) is 78.9 Å². The number of rotatable bonds is 9. The molecule has 0 saturated heterocycles. The average Bonchev–Trinajstić information content (AvgIpc) is 2.83. The van der Waals surface area contributed by atoms with E-state index in [4.69, 9.17) is 9.47 Å². The zero-order valence-corrected chi connectivity index (χ0v) is 18.8. The normalized spacial score (nSPS) is 17.5. The van der Waals surface area contributed by atoms with E-state index < -0.39 is 0 Å². The first-order chi connectivity index (χ1) is 15.2. The van der Waals surface area contributed by atoms with Gasteiger partial charge >= 0.3 is 0 Å². The second-order valence-electron chi connectivity index (χ2n) is 8.67. The number of benzene rings is 3. The van der Waals surface area contributed by atoms with Gasteiger partial charge in [0.15, 0.2) is 0 Å². The van der Waals surface area contributed by atoms with Gasteiger partial charge in [0.25, 0.3) is 0 Å². The van der Waals surface area contributed by atoms with E-state index in [1.807, 2.05) is 0 Å². The Bertz CT molecular complexity index is 932. The van der Waals surface area contributed by atoms with Crippen LogP contribution in [0.3, 0.4) is 0 Å². The van der Waals surface area contributed by atoms with Gasteiger partial charge in [0.1, 0.15) is 5.75 Å². The molecular formula is C29H34O2. The molecule has 31 heavy (non-hydrogen) atoms. The number of hydrogen-bond acceptors (Lipinski definition) is 2. The van der Waals surface area contributed by atoms with E-state index in [0.717, 1.165) is 31.4 Å². The minimum absolute atomic E-state index is 0.259. The molecule has 0 bridgehead atoms. The minimum Gasteiger partial charge on any atom is -0.464 e. The van der Waals surface area contributed by atoms with Crippen LogP contribution >= 0.6 is 0 Å². The molecule has 3 aromatic rings. The second-order valence-corrected chi connectivity index (χ2v) is 8.67. The summed E-state index contributed by atoms with van der Waals surface area (Å²) in [5.74, 6) is 1.71. The van der Waals surface area contributed by atoms with Crippen molar-refractivity contribution in [3.05, 3.63) is 101 Å². The lowest BCUT2D eigenvalue weighted by Gasteiger charge is -2.32. The molecule has 0 radical (unpaired) electrons. The summed E-state index contributed by atoms with van der Waals surface area (Å²) >= 11 is 0. The van der Waals surface area contributed by atoms with Crippen LogP contribution in [0.5, 0.6) is 5.75 Å². The Morgan fingerprint density at radius 3 is 2.42 bits per heavy atom. The van der Waals surface area contributed by atoms with E-state index >= 15 is 0 Å². The molecule has 0 spiro atoms.